The van der Waals surface area contributed by atoms with Crippen molar-refractivity contribution in [1.29, 1.82) is 0 Å². The van der Waals surface area contributed by atoms with Gasteiger partial charge in [0, 0.05) is 30.2 Å². The predicted molar refractivity (Wildman–Crippen MR) is 110 cm³/mol. The quantitative estimate of drug-likeness (QED) is 0.646. The zero-order valence-corrected chi connectivity index (χ0v) is 19.0. The number of halogens is 1. The van der Waals surface area contributed by atoms with Crippen LogP contribution in [0.1, 0.15) is 23.2 Å². The van der Waals surface area contributed by atoms with Gasteiger partial charge in [-0.05, 0) is 60.1 Å². The normalized spacial score (nSPS) is 25.3. The topological polar surface area (TPSA) is 104 Å². The lowest BCUT2D eigenvalue weighted by Gasteiger charge is -2.28. The maximum absolute atomic E-state index is 12.8. The van der Waals surface area contributed by atoms with Crippen molar-refractivity contribution in [2.45, 2.75) is 29.8 Å². The van der Waals surface area contributed by atoms with E-state index in [1.165, 1.54) is 32.3 Å². The molecule has 2 aliphatic heterocycles. The number of nitrogens with zero attached hydrogens (tertiary/aromatic N) is 2. The fourth-order valence-electron chi connectivity index (χ4n) is 3.69. The lowest BCUT2D eigenvalue weighted by molar-refractivity contribution is 0.0918. The van der Waals surface area contributed by atoms with E-state index >= 15 is 0 Å². The Bertz CT molecular complexity index is 973. The summed E-state index contributed by atoms with van der Waals surface area (Å²) in [4.78, 5) is 14.9. The minimum atomic E-state index is -3.73. The zero-order valence-electron chi connectivity index (χ0n) is 15.8. The van der Waals surface area contributed by atoms with Crippen molar-refractivity contribution < 1.29 is 21.6 Å². The molecule has 2 fully saturated rings. The van der Waals surface area contributed by atoms with Crippen molar-refractivity contribution in [3.63, 3.8) is 0 Å². The molecule has 0 bridgehead atoms. The monoisotopic (exact) mass is 493 g/mol. The number of amides is 1. The molecule has 2 atom stereocenters. The number of carbonyl (C=O) groups excluding carboxylic acids is 1. The number of hydrogen-bond acceptors (Lipinski definition) is 6. The van der Waals surface area contributed by atoms with E-state index in [1.807, 2.05) is 0 Å². The highest BCUT2D eigenvalue weighted by atomic mass is 79.9. The number of nitrogens with one attached hydrogen (secondary N) is 1. The van der Waals surface area contributed by atoms with Crippen molar-refractivity contribution in [3.8, 4) is 0 Å². The van der Waals surface area contributed by atoms with E-state index in [1.54, 1.807) is 0 Å². The molecule has 3 rings (SSSR count). The van der Waals surface area contributed by atoms with E-state index in [-0.39, 0.29) is 28.0 Å². The average Bonchev–Trinajstić information content (AvgIpc) is 3.22. The molecule has 8 nitrogen and oxygen atoms in total. The van der Waals surface area contributed by atoms with Crippen LogP contribution in [0.25, 0.3) is 0 Å². The second-order valence-corrected chi connectivity index (χ2v) is 12.5. The van der Waals surface area contributed by atoms with Crippen LogP contribution in [-0.4, -0.2) is 82.7 Å². The minimum absolute atomic E-state index is 0.0136. The Balaban J connectivity index is 1.84. The first-order chi connectivity index (χ1) is 13.0. The summed E-state index contributed by atoms with van der Waals surface area (Å²) < 4.78 is 50.7. The Labute approximate surface area is 174 Å². The van der Waals surface area contributed by atoms with Gasteiger partial charge in [-0.25, -0.2) is 21.1 Å². The van der Waals surface area contributed by atoms with Crippen molar-refractivity contribution in [2.24, 2.45) is 0 Å². The van der Waals surface area contributed by atoms with Gasteiger partial charge in [0.05, 0.1) is 22.4 Å². The van der Waals surface area contributed by atoms with Crippen LogP contribution in [0, 0.1) is 0 Å². The molecule has 0 radical (unpaired) electrons. The van der Waals surface area contributed by atoms with Crippen molar-refractivity contribution >= 4 is 41.7 Å². The van der Waals surface area contributed by atoms with Crippen LogP contribution in [0.4, 0.5) is 0 Å². The van der Waals surface area contributed by atoms with Gasteiger partial charge < -0.3 is 5.32 Å². The van der Waals surface area contributed by atoms with E-state index in [0.29, 0.717) is 4.47 Å². The van der Waals surface area contributed by atoms with Gasteiger partial charge in [-0.3, -0.25) is 9.69 Å². The molecule has 2 saturated heterocycles. The molecule has 28 heavy (non-hydrogen) atoms. The standard InChI is InChI=1S/C17H24BrN3O5S2/c1-20(2)28(25,26)16-9-12(5-6-13(16)18)17(22)19-14-10-27(23,24)11-15(14)21-7-3-4-8-21/h5-6,9,14-15H,3-4,7-8,10-11H2,1-2H3,(H,19,22). The molecule has 0 aliphatic carbocycles. The van der Waals surface area contributed by atoms with E-state index in [0.717, 1.165) is 30.2 Å². The Morgan fingerprint density at radius 2 is 1.86 bits per heavy atom. The van der Waals surface area contributed by atoms with Gasteiger partial charge in [0.1, 0.15) is 0 Å². The molecule has 1 N–H and O–H groups in total. The predicted octanol–water partition coefficient (Wildman–Crippen LogP) is 0.691. The summed E-state index contributed by atoms with van der Waals surface area (Å²) in [6, 6.07) is 3.59. The van der Waals surface area contributed by atoms with Gasteiger partial charge in [0.2, 0.25) is 10.0 Å². The van der Waals surface area contributed by atoms with Gasteiger partial charge in [0.25, 0.3) is 5.91 Å². The number of rotatable bonds is 5. The highest BCUT2D eigenvalue weighted by Gasteiger charge is 2.42. The van der Waals surface area contributed by atoms with Crippen LogP contribution >= 0.6 is 15.9 Å². The highest BCUT2D eigenvalue weighted by Crippen LogP contribution is 2.26. The van der Waals surface area contributed by atoms with Crippen molar-refractivity contribution in [2.75, 3.05) is 38.7 Å². The number of likely N-dealkylation sites (tertiary alicyclic amines) is 1. The van der Waals surface area contributed by atoms with E-state index < -0.39 is 31.8 Å². The molecule has 0 saturated carbocycles. The molecule has 1 aromatic carbocycles. The second-order valence-electron chi connectivity index (χ2n) is 7.40. The minimum Gasteiger partial charge on any atom is -0.347 e. The molecule has 2 aliphatic rings. The molecule has 2 heterocycles. The SMILES string of the molecule is CN(C)S(=O)(=O)c1cc(C(=O)NC2CS(=O)(=O)CC2N2CCCC2)ccc1Br. The van der Waals surface area contributed by atoms with E-state index in [4.69, 9.17) is 0 Å². The molecule has 1 amide bonds. The molecule has 1 aromatic rings. The summed E-state index contributed by atoms with van der Waals surface area (Å²) in [7, 11) is -4.13. The molecule has 2 unspecified atom stereocenters. The average molecular weight is 494 g/mol. The molecule has 0 spiro atoms. The van der Waals surface area contributed by atoms with Gasteiger partial charge in [-0.1, -0.05) is 0 Å². The number of hydrogen-bond donors (Lipinski definition) is 1. The molecular formula is C17H24BrN3O5S2. The molecular weight excluding hydrogens is 470 g/mol. The molecule has 0 aromatic heterocycles. The molecule has 11 heteroatoms. The molecule has 156 valence electrons. The number of sulfonamides is 1. The van der Waals surface area contributed by atoms with Gasteiger partial charge in [-0.15, -0.1) is 0 Å². The van der Waals surface area contributed by atoms with Crippen LogP contribution in [0.2, 0.25) is 0 Å². The lowest BCUT2D eigenvalue weighted by Crippen LogP contribution is -2.50. The first-order valence-corrected chi connectivity index (χ1v) is 13.0. The van der Waals surface area contributed by atoms with Gasteiger partial charge in [-0.2, -0.15) is 0 Å². The summed E-state index contributed by atoms with van der Waals surface area (Å²) in [5.41, 5.74) is 0.174. The lowest BCUT2D eigenvalue weighted by atomic mass is 10.1. The smallest absolute Gasteiger partial charge is 0.251 e. The van der Waals surface area contributed by atoms with Crippen LogP contribution < -0.4 is 5.32 Å². The van der Waals surface area contributed by atoms with Gasteiger partial charge in [0.15, 0.2) is 9.84 Å². The van der Waals surface area contributed by atoms with Crippen LogP contribution in [0.15, 0.2) is 27.6 Å². The first kappa shape index (κ1) is 21.7. The number of sulfone groups is 1. The van der Waals surface area contributed by atoms with Crippen LogP contribution in [0.5, 0.6) is 0 Å². The van der Waals surface area contributed by atoms with Crippen LogP contribution in [0.3, 0.4) is 0 Å². The summed E-state index contributed by atoms with van der Waals surface area (Å²) in [6.45, 7) is 1.66. The highest BCUT2D eigenvalue weighted by molar-refractivity contribution is 9.10. The maximum atomic E-state index is 12.8. The third-order valence-corrected chi connectivity index (χ3v) is 9.73. The third kappa shape index (κ3) is 4.43. The summed E-state index contributed by atoms with van der Waals surface area (Å²) in [5, 5.41) is 2.82. The summed E-state index contributed by atoms with van der Waals surface area (Å²) in [6.07, 6.45) is 2.05. The van der Waals surface area contributed by atoms with E-state index in [2.05, 4.69) is 26.1 Å². The van der Waals surface area contributed by atoms with Crippen molar-refractivity contribution in [3.05, 3.63) is 28.2 Å². The Hall–Kier alpha value is -1.01. The summed E-state index contributed by atoms with van der Waals surface area (Å²) in [5.74, 6) is -0.535. The first-order valence-electron chi connectivity index (χ1n) is 8.99. The maximum Gasteiger partial charge on any atom is 0.251 e. The number of carbonyl (C=O) groups is 1. The Morgan fingerprint density at radius 3 is 2.46 bits per heavy atom. The second kappa shape index (κ2) is 8.02. The Morgan fingerprint density at radius 1 is 1.21 bits per heavy atom. The fourth-order valence-corrected chi connectivity index (χ4v) is 7.49. The zero-order chi connectivity index (χ0) is 20.7. The largest absolute Gasteiger partial charge is 0.347 e. The van der Waals surface area contributed by atoms with Crippen LogP contribution in [-0.2, 0) is 19.9 Å². The summed E-state index contributed by atoms with van der Waals surface area (Å²) >= 11 is 3.22. The Kier molecular flexibility index (Phi) is 6.21. The fraction of sp³-hybridized carbons (Fsp3) is 0.588. The van der Waals surface area contributed by atoms with E-state index in [9.17, 15) is 21.6 Å². The number of benzene rings is 1. The van der Waals surface area contributed by atoms with Crippen molar-refractivity contribution in [1.82, 2.24) is 14.5 Å². The van der Waals surface area contributed by atoms with Gasteiger partial charge >= 0.3 is 0 Å². The third-order valence-electron chi connectivity index (χ3n) is 5.20.